The maximum Gasteiger partial charge on any atom is 0.326 e. The van der Waals surface area contributed by atoms with Gasteiger partial charge in [-0.25, -0.2) is 8.42 Å². The second-order valence-corrected chi connectivity index (χ2v) is 7.10. The summed E-state index contributed by atoms with van der Waals surface area (Å²) < 4.78 is 37.2. The third-order valence-electron chi connectivity index (χ3n) is 3.57. The van der Waals surface area contributed by atoms with E-state index >= 15 is 0 Å². The predicted octanol–water partition coefficient (Wildman–Crippen LogP) is 2.36. The summed E-state index contributed by atoms with van der Waals surface area (Å²) in [5.74, 6) is -0.499. The van der Waals surface area contributed by atoms with E-state index in [0.29, 0.717) is 6.61 Å². The van der Waals surface area contributed by atoms with Gasteiger partial charge in [-0.3, -0.25) is 19.2 Å². The first-order valence-electron chi connectivity index (χ1n) is 7.87. The predicted molar refractivity (Wildman–Crippen MR) is 97.3 cm³/mol. The normalized spacial score (nSPS) is 10.9. The molecule has 144 valence electrons. The molecule has 0 aliphatic carbocycles. The van der Waals surface area contributed by atoms with Crippen LogP contribution in [0.25, 0.3) is 0 Å². The van der Waals surface area contributed by atoms with Gasteiger partial charge in [0, 0.05) is 12.1 Å². The van der Waals surface area contributed by atoms with Crippen molar-refractivity contribution in [3.05, 3.63) is 58.6 Å². The Labute approximate surface area is 156 Å². The van der Waals surface area contributed by atoms with E-state index in [0.717, 1.165) is 35.7 Å². The molecule has 0 bridgehead atoms. The van der Waals surface area contributed by atoms with Gasteiger partial charge in [-0.2, -0.15) is 0 Å². The highest BCUT2D eigenvalue weighted by Gasteiger charge is 2.30. The standard InChI is InChI=1S/C17H18N2O7S/c1-3-26-16-7-5-4-6-15(16)18(12-17(20)25-2)27(23,24)14-10-8-13(9-11-14)19(21)22/h4-11H,3,12H2,1-2H3. The number of benzene rings is 2. The number of anilines is 1. The Kier molecular flexibility index (Phi) is 6.35. The summed E-state index contributed by atoms with van der Waals surface area (Å²) in [7, 11) is -3.07. The fraction of sp³-hybridized carbons (Fsp3) is 0.235. The van der Waals surface area contributed by atoms with E-state index in [1.165, 1.54) is 6.07 Å². The van der Waals surface area contributed by atoms with Gasteiger partial charge in [-0.1, -0.05) is 12.1 Å². The van der Waals surface area contributed by atoms with E-state index in [1.54, 1.807) is 25.1 Å². The minimum absolute atomic E-state index is 0.156. The fourth-order valence-electron chi connectivity index (χ4n) is 2.29. The molecule has 0 atom stereocenters. The Hall–Kier alpha value is -3.14. The monoisotopic (exact) mass is 394 g/mol. The highest BCUT2D eigenvalue weighted by molar-refractivity contribution is 7.92. The van der Waals surface area contributed by atoms with Crippen LogP contribution >= 0.6 is 0 Å². The van der Waals surface area contributed by atoms with Gasteiger partial charge in [0.15, 0.2) is 0 Å². The van der Waals surface area contributed by atoms with Gasteiger partial charge in [0.1, 0.15) is 12.3 Å². The molecule has 0 aliphatic heterocycles. The number of hydrogen-bond donors (Lipinski definition) is 0. The molecule has 2 aromatic rings. The first-order valence-corrected chi connectivity index (χ1v) is 9.31. The molecule has 2 aromatic carbocycles. The van der Waals surface area contributed by atoms with Crippen LogP contribution in [0, 0.1) is 10.1 Å². The summed E-state index contributed by atoms with van der Waals surface area (Å²) in [6.45, 7) is 1.45. The summed E-state index contributed by atoms with van der Waals surface area (Å²) in [6.07, 6.45) is 0. The molecule has 0 saturated heterocycles. The van der Waals surface area contributed by atoms with Crippen molar-refractivity contribution in [2.75, 3.05) is 24.6 Å². The van der Waals surface area contributed by atoms with E-state index in [-0.39, 0.29) is 22.0 Å². The van der Waals surface area contributed by atoms with Crippen molar-refractivity contribution < 1.29 is 27.6 Å². The number of sulfonamides is 1. The van der Waals surface area contributed by atoms with E-state index in [9.17, 15) is 23.3 Å². The molecule has 0 aromatic heterocycles. The summed E-state index contributed by atoms with van der Waals surface area (Å²) in [5.41, 5.74) is -0.0914. The van der Waals surface area contributed by atoms with E-state index in [1.807, 2.05) is 0 Å². The van der Waals surface area contributed by atoms with Crippen LogP contribution in [0.1, 0.15) is 6.92 Å². The van der Waals surface area contributed by atoms with Crippen molar-refractivity contribution in [3.63, 3.8) is 0 Å². The molecule has 0 N–H and O–H groups in total. The lowest BCUT2D eigenvalue weighted by Gasteiger charge is -2.25. The average Bonchev–Trinajstić information content (AvgIpc) is 2.66. The van der Waals surface area contributed by atoms with Gasteiger partial charge in [0.2, 0.25) is 0 Å². The van der Waals surface area contributed by atoms with Crippen LogP contribution in [0.2, 0.25) is 0 Å². The van der Waals surface area contributed by atoms with Gasteiger partial charge in [-0.15, -0.1) is 0 Å². The number of ether oxygens (including phenoxy) is 2. The van der Waals surface area contributed by atoms with Gasteiger partial charge in [0.25, 0.3) is 15.7 Å². The molecule has 0 amide bonds. The SMILES string of the molecule is CCOc1ccccc1N(CC(=O)OC)S(=O)(=O)c1ccc([N+](=O)[O-])cc1. The maximum atomic E-state index is 13.1. The van der Waals surface area contributed by atoms with Gasteiger partial charge >= 0.3 is 5.97 Å². The fourth-order valence-corrected chi connectivity index (χ4v) is 3.71. The molecule has 0 fully saturated rings. The third-order valence-corrected chi connectivity index (χ3v) is 5.34. The highest BCUT2D eigenvalue weighted by Crippen LogP contribution is 2.32. The van der Waals surface area contributed by atoms with Crippen LogP contribution in [0.5, 0.6) is 5.75 Å². The summed E-state index contributed by atoms with van der Waals surface area (Å²) in [4.78, 5) is 21.8. The van der Waals surface area contributed by atoms with Crippen molar-refractivity contribution >= 4 is 27.4 Å². The van der Waals surface area contributed by atoms with Crippen molar-refractivity contribution in [3.8, 4) is 5.75 Å². The van der Waals surface area contributed by atoms with Crippen LogP contribution in [-0.4, -0.2) is 39.6 Å². The number of nitrogens with zero attached hydrogens (tertiary/aromatic N) is 2. The number of rotatable bonds is 8. The number of carbonyl (C=O) groups excluding carboxylic acids is 1. The Morgan fingerprint density at radius 3 is 2.33 bits per heavy atom. The number of methoxy groups -OCH3 is 1. The Morgan fingerprint density at radius 2 is 1.78 bits per heavy atom. The minimum atomic E-state index is -4.21. The van der Waals surface area contributed by atoms with E-state index in [2.05, 4.69) is 4.74 Å². The van der Waals surface area contributed by atoms with Crippen LogP contribution in [0.3, 0.4) is 0 Å². The highest BCUT2D eigenvalue weighted by atomic mass is 32.2. The zero-order valence-electron chi connectivity index (χ0n) is 14.7. The number of hydrogen-bond acceptors (Lipinski definition) is 7. The molecular weight excluding hydrogens is 376 g/mol. The molecule has 0 heterocycles. The van der Waals surface area contributed by atoms with Gasteiger partial charge < -0.3 is 9.47 Å². The molecule has 0 aliphatic rings. The second kappa shape index (κ2) is 8.49. The first-order chi connectivity index (χ1) is 12.8. The Balaban J connectivity index is 2.56. The number of nitro groups is 1. The minimum Gasteiger partial charge on any atom is -0.492 e. The summed E-state index contributed by atoms with van der Waals surface area (Å²) in [6, 6.07) is 10.7. The van der Waals surface area contributed by atoms with E-state index < -0.39 is 27.5 Å². The van der Waals surface area contributed by atoms with Crippen molar-refractivity contribution in [1.82, 2.24) is 0 Å². The number of carbonyl (C=O) groups is 1. The molecule has 2 rings (SSSR count). The zero-order valence-corrected chi connectivity index (χ0v) is 15.5. The number of esters is 1. The average molecular weight is 394 g/mol. The van der Waals surface area contributed by atoms with Crippen molar-refractivity contribution in [2.24, 2.45) is 0 Å². The molecule has 0 radical (unpaired) electrons. The zero-order chi connectivity index (χ0) is 20.0. The summed E-state index contributed by atoms with van der Waals surface area (Å²) in [5, 5.41) is 10.8. The number of nitro benzene ring substituents is 1. The van der Waals surface area contributed by atoms with Crippen molar-refractivity contribution in [2.45, 2.75) is 11.8 Å². The number of non-ortho nitro benzene ring substituents is 1. The lowest BCUT2D eigenvalue weighted by atomic mass is 10.3. The van der Waals surface area contributed by atoms with E-state index in [4.69, 9.17) is 4.74 Å². The maximum absolute atomic E-state index is 13.1. The van der Waals surface area contributed by atoms with Crippen LogP contribution in [0.4, 0.5) is 11.4 Å². The second-order valence-electron chi connectivity index (χ2n) is 5.24. The largest absolute Gasteiger partial charge is 0.492 e. The van der Waals surface area contributed by atoms with Crippen LogP contribution < -0.4 is 9.04 Å². The van der Waals surface area contributed by atoms with Crippen molar-refractivity contribution in [1.29, 1.82) is 0 Å². The van der Waals surface area contributed by atoms with Gasteiger partial charge in [-0.05, 0) is 31.2 Å². The molecular formula is C17H18N2O7S. The summed E-state index contributed by atoms with van der Waals surface area (Å²) >= 11 is 0. The Bertz CT molecular complexity index is 927. The third kappa shape index (κ3) is 4.53. The first kappa shape index (κ1) is 20.2. The van der Waals surface area contributed by atoms with Crippen LogP contribution in [-0.2, 0) is 19.6 Å². The Morgan fingerprint density at radius 1 is 1.15 bits per heavy atom. The molecule has 9 nitrogen and oxygen atoms in total. The molecule has 0 saturated carbocycles. The smallest absolute Gasteiger partial charge is 0.326 e. The molecule has 27 heavy (non-hydrogen) atoms. The molecule has 0 unspecified atom stereocenters. The van der Waals surface area contributed by atoms with Crippen LogP contribution in [0.15, 0.2) is 53.4 Å². The lowest BCUT2D eigenvalue weighted by Crippen LogP contribution is -2.36. The number of para-hydroxylation sites is 2. The lowest BCUT2D eigenvalue weighted by molar-refractivity contribution is -0.384. The quantitative estimate of drug-likeness (QED) is 0.383. The molecule has 0 spiro atoms. The topological polar surface area (TPSA) is 116 Å². The van der Waals surface area contributed by atoms with Gasteiger partial charge in [0.05, 0.1) is 29.2 Å². The molecule has 10 heteroatoms.